The molecule has 8 nitrogen and oxygen atoms in total. The highest BCUT2D eigenvalue weighted by Crippen LogP contribution is 2.35. The number of nitrogens with one attached hydrogen (secondary N) is 2. The number of fused-ring (bicyclic) bond motifs is 2. The van der Waals surface area contributed by atoms with Crippen LogP contribution in [0.4, 0.5) is 0 Å². The summed E-state index contributed by atoms with van der Waals surface area (Å²) >= 11 is 0. The minimum Gasteiger partial charge on any atom is -0.480 e. The zero-order valence-electron chi connectivity index (χ0n) is 18.7. The molecule has 2 aliphatic heterocycles. The van der Waals surface area contributed by atoms with Gasteiger partial charge in [-0.25, -0.2) is 15.0 Å². The Morgan fingerprint density at radius 1 is 1.03 bits per heavy atom. The maximum Gasteiger partial charge on any atom is 0.180 e. The molecule has 0 aliphatic carbocycles. The first kappa shape index (κ1) is 20.5. The Morgan fingerprint density at radius 3 is 2.85 bits per heavy atom. The highest BCUT2D eigenvalue weighted by atomic mass is 16.5. The van der Waals surface area contributed by atoms with E-state index < -0.39 is 0 Å². The maximum atomic E-state index is 6.74. The molecule has 8 heteroatoms. The highest BCUT2D eigenvalue weighted by molar-refractivity contribution is 5.87. The fraction of sp³-hybridized carbons (Fsp3) is 0.440. The van der Waals surface area contributed by atoms with Crippen molar-refractivity contribution in [3.05, 3.63) is 54.4 Å². The molecule has 0 saturated carbocycles. The SMILES string of the molecule is c1cnc2c(O[C@@H](c3ncnc4nc[nH]c34)C3CCCN3)ccc(CN3CCCCC3)c2c1. The Labute approximate surface area is 192 Å². The van der Waals surface area contributed by atoms with Gasteiger partial charge in [0.1, 0.15) is 28.8 Å². The number of H-pyrrole nitrogens is 1. The van der Waals surface area contributed by atoms with E-state index in [4.69, 9.17) is 9.72 Å². The lowest BCUT2D eigenvalue weighted by atomic mass is 10.0. The summed E-state index contributed by atoms with van der Waals surface area (Å²) in [4.78, 5) is 23.7. The lowest BCUT2D eigenvalue weighted by molar-refractivity contribution is 0.162. The Morgan fingerprint density at radius 2 is 1.97 bits per heavy atom. The summed E-state index contributed by atoms with van der Waals surface area (Å²) < 4.78 is 6.74. The zero-order chi connectivity index (χ0) is 22.0. The first-order chi connectivity index (χ1) is 16.4. The van der Waals surface area contributed by atoms with Crippen molar-refractivity contribution in [1.82, 2.24) is 35.1 Å². The topological polar surface area (TPSA) is 91.9 Å². The molecule has 2 N–H and O–H groups in total. The third kappa shape index (κ3) is 4.05. The van der Waals surface area contributed by atoms with Crippen LogP contribution in [0.5, 0.6) is 5.75 Å². The number of imidazole rings is 1. The first-order valence-corrected chi connectivity index (χ1v) is 12.0. The van der Waals surface area contributed by atoms with Gasteiger partial charge in [0.05, 0.1) is 12.4 Å². The van der Waals surface area contributed by atoms with E-state index in [1.54, 1.807) is 12.7 Å². The van der Waals surface area contributed by atoms with Crippen LogP contribution in [-0.4, -0.2) is 55.5 Å². The van der Waals surface area contributed by atoms with E-state index in [9.17, 15) is 0 Å². The van der Waals surface area contributed by atoms with Gasteiger partial charge in [-0.2, -0.15) is 0 Å². The van der Waals surface area contributed by atoms with E-state index in [2.05, 4.69) is 48.4 Å². The van der Waals surface area contributed by atoms with Crippen LogP contribution in [0.25, 0.3) is 22.1 Å². The number of benzene rings is 1. The molecule has 5 heterocycles. The summed E-state index contributed by atoms with van der Waals surface area (Å²) in [6, 6.07) is 8.63. The number of pyridine rings is 1. The summed E-state index contributed by atoms with van der Waals surface area (Å²) in [7, 11) is 0. The number of ether oxygens (including phenoxy) is 1. The van der Waals surface area contributed by atoms with Crippen LogP contribution in [0.3, 0.4) is 0 Å². The highest BCUT2D eigenvalue weighted by Gasteiger charge is 2.32. The van der Waals surface area contributed by atoms with Crippen LogP contribution in [0.1, 0.15) is 49.5 Å². The van der Waals surface area contributed by atoms with Gasteiger partial charge in [-0.05, 0) is 63.0 Å². The molecule has 6 rings (SSSR count). The zero-order valence-corrected chi connectivity index (χ0v) is 18.7. The second-order valence-electron chi connectivity index (χ2n) is 9.06. The molecule has 0 bridgehead atoms. The van der Waals surface area contributed by atoms with Gasteiger partial charge in [0.15, 0.2) is 11.8 Å². The molecule has 2 saturated heterocycles. The van der Waals surface area contributed by atoms with Crippen LogP contribution >= 0.6 is 0 Å². The predicted octanol–water partition coefficient (Wildman–Crippen LogP) is 3.76. The van der Waals surface area contributed by atoms with Crippen molar-refractivity contribution >= 4 is 22.1 Å². The standard InChI is InChI=1S/C25H29N7O/c1-2-12-32(13-3-1)14-17-8-9-20(21-18(17)6-4-11-27-21)33-24(19-7-5-10-26-19)22-23-25(30-15-28-22)31-16-29-23/h4,6,8-9,11,15-16,19,24,26H,1-3,5,7,10,12-14H2,(H,28,29,30,31)/t19?,24-/m1/s1. The van der Waals surface area contributed by atoms with Crippen molar-refractivity contribution in [2.75, 3.05) is 19.6 Å². The van der Waals surface area contributed by atoms with Crippen LogP contribution in [0.15, 0.2) is 43.1 Å². The first-order valence-electron chi connectivity index (χ1n) is 12.0. The Hall–Kier alpha value is -3.10. The molecular weight excluding hydrogens is 414 g/mol. The fourth-order valence-corrected chi connectivity index (χ4v) is 5.23. The van der Waals surface area contributed by atoms with Crippen molar-refractivity contribution in [1.29, 1.82) is 0 Å². The van der Waals surface area contributed by atoms with Crippen molar-refractivity contribution in [3.8, 4) is 5.75 Å². The number of aromatic nitrogens is 5. The molecule has 0 spiro atoms. The summed E-state index contributed by atoms with van der Waals surface area (Å²) in [5, 5.41) is 4.76. The van der Waals surface area contributed by atoms with Gasteiger partial charge in [0.25, 0.3) is 0 Å². The molecule has 3 aromatic heterocycles. The minimum atomic E-state index is -0.267. The molecule has 33 heavy (non-hydrogen) atoms. The van der Waals surface area contributed by atoms with Gasteiger partial charge < -0.3 is 15.0 Å². The van der Waals surface area contributed by atoms with Crippen molar-refractivity contribution < 1.29 is 4.74 Å². The molecular formula is C25H29N7O. The number of nitrogens with zero attached hydrogens (tertiary/aromatic N) is 5. The van der Waals surface area contributed by atoms with E-state index in [0.717, 1.165) is 53.8 Å². The fourth-order valence-electron chi connectivity index (χ4n) is 5.23. The largest absolute Gasteiger partial charge is 0.480 e. The molecule has 2 aliphatic rings. The summed E-state index contributed by atoms with van der Waals surface area (Å²) in [5.74, 6) is 0.790. The summed E-state index contributed by atoms with van der Waals surface area (Å²) in [5.41, 5.74) is 4.53. The van der Waals surface area contributed by atoms with E-state index in [1.807, 2.05) is 12.3 Å². The molecule has 1 unspecified atom stereocenters. The van der Waals surface area contributed by atoms with Crippen LogP contribution in [0.2, 0.25) is 0 Å². The molecule has 0 amide bonds. The third-order valence-electron chi connectivity index (χ3n) is 6.91. The van der Waals surface area contributed by atoms with Crippen molar-refractivity contribution in [2.24, 2.45) is 0 Å². The normalized spacial score (nSPS) is 20.4. The number of hydrogen-bond donors (Lipinski definition) is 2. The van der Waals surface area contributed by atoms with E-state index in [-0.39, 0.29) is 12.1 Å². The van der Waals surface area contributed by atoms with E-state index >= 15 is 0 Å². The monoisotopic (exact) mass is 443 g/mol. The lowest BCUT2D eigenvalue weighted by Crippen LogP contribution is -2.33. The molecule has 2 atom stereocenters. The average molecular weight is 444 g/mol. The molecule has 170 valence electrons. The van der Waals surface area contributed by atoms with E-state index in [1.165, 1.54) is 37.9 Å². The number of aromatic amines is 1. The predicted molar refractivity (Wildman–Crippen MR) is 127 cm³/mol. The van der Waals surface area contributed by atoms with Crippen LogP contribution in [0, 0.1) is 0 Å². The number of piperidine rings is 1. The second kappa shape index (κ2) is 9.03. The number of hydrogen-bond acceptors (Lipinski definition) is 7. The molecule has 2 fully saturated rings. The third-order valence-corrected chi connectivity index (χ3v) is 6.91. The van der Waals surface area contributed by atoms with Gasteiger partial charge >= 0.3 is 0 Å². The number of likely N-dealkylation sites (tertiary alicyclic amines) is 1. The van der Waals surface area contributed by atoms with Gasteiger partial charge in [-0.15, -0.1) is 0 Å². The summed E-state index contributed by atoms with van der Waals surface area (Å²) in [6.45, 7) is 4.28. The molecule has 1 aromatic carbocycles. The van der Waals surface area contributed by atoms with Gasteiger partial charge in [0, 0.05) is 18.1 Å². The Kier molecular flexibility index (Phi) is 5.61. The van der Waals surface area contributed by atoms with E-state index in [0.29, 0.717) is 5.65 Å². The lowest BCUT2D eigenvalue weighted by Gasteiger charge is -2.28. The maximum absolute atomic E-state index is 6.74. The van der Waals surface area contributed by atoms with Gasteiger partial charge in [-0.1, -0.05) is 18.6 Å². The Balaban J connectivity index is 1.37. The average Bonchev–Trinajstić information content (AvgIpc) is 3.57. The molecule has 4 aromatic rings. The van der Waals surface area contributed by atoms with Gasteiger partial charge in [0.2, 0.25) is 0 Å². The summed E-state index contributed by atoms with van der Waals surface area (Å²) in [6.07, 6.45) is 10.9. The second-order valence-corrected chi connectivity index (χ2v) is 9.06. The quantitative estimate of drug-likeness (QED) is 0.469. The van der Waals surface area contributed by atoms with Crippen molar-refractivity contribution in [3.63, 3.8) is 0 Å². The van der Waals surface area contributed by atoms with Crippen LogP contribution in [-0.2, 0) is 6.54 Å². The Bertz CT molecular complexity index is 1240. The smallest absolute Gasteiger partial charge is 0.180 e. The van der Waals surface area contributed by atoms with Crippen LogP contribution < -0.4 is 10.1 Å². The number of rotatable bonds is 6. The minimum absolute atomic E-state index is 0.165. The van der Waals surface area contributed by atoms with Gasteiger partial charge in [-0.3, -0.25) is 9.88 Å². The molecule has 0 radical (unpaired) electrons. The van der Waals surface area contributed by atoms with Crippen molar-refractivity contribution in [2.45, 2.75) is 50.8 Å².